The van der Waals surface area contributed by atoms with Crippen LogP contribution in [0.3, 0.4) is 0 Å². The second-order valence-electron chi connectivity index (χ2n) is 7.99. The molecule has 0 bridgehead atoms. The van der Waals surface area contributed by atoms with E-state index in [9.17, 15) is 9.59 Å². The molecule has 2 amide bonds. The smallest absolute Gasteiger partial charge is 0.290 e. The molecule has 0 radical (unpaired) electrons. The molecule has 2 heterocycles. The van der Waals surface area contributed by atoms with Crippen molar-refractivity contribution in [2.24, 2.45) is 0 Å². The molecule has 182 valence electrons. The molecule has 0 saturated carbocycles. The van der Waals surface area contributed by atoms with E-state index in [0.29, 0.717) is 37.6 Å². The summed E-state index contributed by atoms with van der Waals surface area (Å²) in [7, 11) is 3.21. The van der Waals surface area contributed by atoms with Gasteiger partial charge >= 0.3 is 0 Å². The number of hydrogen-bond donors (Lipinski definition) is 0. The number of methoxy groups -OCH3 is 2. The van der Waals surface area contributed by atoms with Gasteiger partial charge in [-0.2, -0.15) is 0 Å². The molecule has 8 heteroatoms. The Bertz CT molecular complexity index is 1080. The van der Waals surface area contributed by atoms with E-state index in [0.717, 1.165) is 22.4 Å². The van der Waals surface area contributed by atoms with Gasteiger partial charge in [0.1, 0.15) is 6.54 Å². The van der Waals surface area contributed by atoms with Gasteiger partial charge in [0.2, 0.25) is 5.91 Å². The van der Waals surface area contributed by atoms with E-state index in [-0.39, 0.29) is 24.1 Å². The number of nitrogens with zero attached hydrogens (tertiary/aromatic N) is 2. The first-order chi connectivity index (χ1) is 16.5. The monoisotopic (exact) mass is 484 g/mol. The SMILES string of the molecule is CCCN(CC(=O)N(CCc1ccc(OC)c(OC)c1)Cc1sccc1C)C(=O)c1ccco1. The van der Waals surface area contributed by atoms with E-state index >= 15 is 0 Å². The summed E-state index contributed by atoms with van der Waals surface area (Å²) in [4.78, 5) is 30.8. The number of amides is 2. The molecule has 2 aromatic heterocycles. The van der Waals surface area contributed by atoms with Gasteiger partial charge in [0.25, 0.3) is 5.91 Å². The molecule has 1 aromatic carbocycles. The Morgan fingerprint density at radius 3 is 2.44 bits per heavy atom. The third-order valence-corrected chi connectivity index (χ3v) is 6.62. The van der Waals surface area contributed by atoms with Crippen molar-refractivity contribution in [3.8, 4) is 11.5 Å². The fraction of sp³-hybridized carbons (Fsp3) is 0.385. The zero-order valence-electron chi connectivity index (χ0n) is 20.2. The van der Waals surface area contributed by atoms with Gasteiger partial charge in [0, 0.05) is 18.0 Å². The van der Waals surface area contributed by atoms with Gasteiger partial charge in [0.15, 0.2) is 17.3 Å². The molecule has 0 aliphatic carbocycles. The van der Waals surface area contributed by atoms with Crippen molar-refractivity contribution in [2.45, 2.75) is 33.2 Å². The lowest BCUT2D eigenvalue weighted by atomic mass is 10.1. The standard InChI is InChI=1S/C26H32N2O5S/c1-5-12-28(26(30)22-7-6-14-33-22)18-25(29)27(17-24-19(2)11-15-34-24)13-10-20-8-9-21(31-3)23(16-20)32-4/h6-9,11,14-16H,5,10,12-13,17-18H2,1-4H3. The quantitative estimate of drug-likeness (QED) is 0.370. The molecule has 0 N–H and O–H groups in total. The van der Waals surface area contributed by atoms with Crippen LogP contribution in [0, 0.1) is 6.92 Å². The summed E-state index contributed by atoms with van der Waals surface area (Å²) in [6, 6.07) is 11.1. The summed E-state index contributed by atoms with van der Waals surface area (Å²) in [6.45, 7) is 5.53. The van der Waals surface area contributed by atoms with Crippen LogP contribution in [-0.4, -0.2) is 55.5 Å². The van der Waals surface area contributed by atoms with Gasteiger partial charge in [-0.1, -0.05) is 13.0 Å². The number of rotatable bonds is 12. The number of ether oxygens (including phenoxy) is 2. The molecule has 0 fully saturated rings. The van der Waals surface area contributed by atoms with Crippen LogP contribution in [0.25, 0.3) is 0 Å². The highest BCUT2D eigenvalue weighted by atomic mass is 32.1. The number of benzene rings is 1. The fourth-order valence-electron chi connectivity index (χ4n) is 3.67. The molecular formula is C26H32N2O5S. The highest BCUT2D eigenvalue weighted by molar-refractivity contribution is 7.10. The molecule has 0 unspecified atom stereocenters. The van der Waals surface area contributed by atoms with E-state index in [1.54, 1.807) is 42.6 Å². The number of furan rings is 1. The maximum atomic E-state index is 13.4. The number of hydrogen-bond acceptors (Lipinski definition) is 6. The van der Waals surface area contributed by atoms with Gasteiger partial charge in [-0.25, -0.2) is 0 Å². The predicted molar refractivity (Wildman–Crippen MR) is 133 cm³/mol. The molecule has 34 heavy (non-hydrogen) atoms. The molecule has 0 spiro atoms. The zero-order chi connectivity index (χ0) is 24.5. The maximum absolute atomic E-state index is 13.4. The minimum absolute atomic E-state index is 0.00370. The Hall–Kier alpha value is -3.26. The Kier molecular flexibility index (Phi) is 9.16. The molecule has 0 atom stereocenters. The third kappa shape index (κ3) is 6.41. The molecule has 0 aliphatic rings. The highest BCUT2D eigenvalue weighted by Crippen LogP contribution is 2.28. The summed E-state index contributed by atoms with van der Waals surface area (Å²) in [5.74, 6) is 1.20. The van der Waals surface area contributed by atoms with E-state index in [1.807, 2.05) is 42.3 Å². The molecule has 0 saturated heterocycles. The summed E-state index contributed by atoms with van der Waals surface area (Å²) in [5, 5.41) is 2.03. The Balaban J connectivity index is 1.76. The zero-order valence-corrected chi connectivity index (χ0v) is 21.0. The Labute approximate surface area is 204 Å². The molecule has 3 rings (SSSR count). The van der Waals surface area contributed by atoms with Crippen molar-refractivity contribution < 1.29 is 23.5 Å². The fourth-order valence-corrected chi connectivity index (χ4v) is 4.59. The Morgan fingerprint density at radius 1 is 1.03 bits per heavy atom. The van der Waals surface area contributed by atoms with Crippen molar-refractivity contribution in [1.29, 1.82) is 0 Å². The maximum Gasteiger partial charge on any atom is 0.290 e. The van der Waals surface area contributed by atoms with Gasteiger partial charge in [0.05, 0.1) is 27.0 Å². The average Bonchev–Trinajstić information content (AvgIpc) is 3.52. The van der Waals surface area contributed by atoms with Crippen LogP contribution in [0.5, 0.6) is 11.5 Å². The molecule has 3 aromatic rings. The average molecular weight is 485 g/mol. The number of carbonyl (C=O) groups is 2. The Morgan fingerprint density at radius 2 is 1.82 bits per heavy atom. The number of aryl methyl sites for hydroxylation is 1. The van der Waals surface area contributed by atoms with Crippen molar-refractivity contribution in [1.82, 2.24) is 9.80 Å². The molecule has 7 nitrogen and oxygen atoms in total. The summed E-state index contributed by atoms with van der Waals surface area (Å²) < 4.78 is 16.0. The van der Waals surface area contributed by atoms with Gasteiger partial charge in [-0.05, 0) is 66.6 Å². The molecule has 0 aliphatic heterocycles. The summed E-state index contributed by atoms with van der Waals surface area (Å²) >= 11 is 1.64. The number of carbonyl (C=O) groups excluding carboxylic acids is 2. The first kappa shape index (κ1) is 25.4. The largest absolute Gasteiger partial charge is 0.493 e. The van der Waals surface area contributed by atoms with Crippen LogP contribution in [0.2, 0.25) is 0 Å². The van der Waals surface area contributed by atoms with Crippen LogP contribution in [0.15, 0.2) is 52.5 Å². The summed E-state index contributed by atoms with van der Waals surface area (Å²) in [6.07, 6.45) is 2.86. The van der Waals surface area contributed by atoms with Crippen LogP contribution < -0.4 is 9.47 Å². The normalized spacial score (nSPS) is 10.7. The lowest BCUT2D eigenvalue weighted by Crippen LogP contribution is -2.43. The van der Waals surface area contributed by atoms with Gasteiger partial charge < -0.3 is 23.7 Å². The van der Waals surface area contributed by atoms with Crippen molar-refractivity contribution in [3.05, 3.63) is 69.8 Å². The molecular weight excluding hydrogens is 452 g/mol. The number of thiophene rings is 1. The lowest BCUT2D eigenvalue weighted by Gasteiger charge is -2.27. The lowest BCUT2D eigenvalue weighted by molar-refractivity contribution is -0.132. The second kappa shape index (κ2) is 12.3. The predicted octanol–water partition coefficient (Wildman–Crippen LogP) is 4.79. The van der Waals surface area contributed by atoms with Crippen molar-refractivity contribution in [3.63, 3.8) is 0 Å². The van der Waals surface area contributed by atoms with Crippen LogP contribution in [0.4, 0.5) is 0 Å². The summed E-state index contributed by atoms with van der Waals surface area (Å²) in [5.41, 5.74) is 2.20. The van der Waals surface area contributed by atoms with E-state index in [4.69, 9.17) is 13.9 Å². The van der Waals surface area contributed by atoms with Crippen LogP contribution in [0.1, 0.15) is 39.9 Å². The van der Waals surface area contributed by atoms with Gasteiger partial charge in [-0.15, -0.1) is 11.3 Å². The van der Waals surface area contributed by atoms with Crippen LogP contribution in [-0.2, 0) is 17.8 Å². The van der Waals surface area contributed by atoms with Crippen LogP contribution >= 0.6 is 11.3 Å². The minimum atomic E-state index is -0.271. The topological polar surface area (TPSA) is 72.2 Å². The van der Waals surface area contributed by atoms with E-state index in [1.165, 1.54) is 6.26 Å². The third-order valence-electron chi connectivity index (χ3n) is 5.61. The first-order valence-electron chi connectivity index (χ1n) is 11.3. The highest BCUT2D eigenvalue weighted by Gasteiger charge is 2.24. The van der Waals surface area contributed by atoms with E-state index < -0.39 is 0 Å². The van der Waals surface area contributed by atoms with Gasteiger partial charge in [-0.3, -0.25) is 9.59 Å². The van der Waals surface area contributed by atoms with E-state index in [2.05, 4.69) is 6.07 Å². The minimum Gasteiger partial charge on any atom is -0.493 e. The second-order valence-corrected chi connectivity index (χ2v) is 8.99. The van der Waals surface area contributed by atoms with Crippen molar-refractivity contribution in [2.75, 3.05) is 33.9 Å². The van der Waals surface area contributed by atoms with Crippen molar-refractivity contribution >= 4 is 23.2 Å². The first-order valence-corrected chi connectivity index (χ1v) is 12.2.